The zero-order valence-electron chi connectivity index (χ0n) is 13.3. The highest BCUT2D eigenvalue weighted by atomic mass is 79.9. The average molecular weight is 350 g/mol. The number of nitrogens with one attached hydrogen (secondary N) is 1. The van der Waals surface area contributed by atoms with Gasteiger partial charge in [0.05, 0.1) is 15.9 Å². The molecule has 3 nitrogen and oxygen atoms in total. The highest BCUT2D eigenvalue weighted by Crippen LogP contribution is 2.28. The SMILES string of the molecule is CCn1nc(C)c(Br)c1CC(CNC)c1cccc(C)c1. The predicted molar refractivity (Wildman–Crippen MR) is 91.9 cm³/mol. The van der Waals surface area contributed by atoms with Crippen molar-refractivity contribution in [2.24, 2.45) is 0 Å². The smallest absolute Gasteiger partial charge is 0.0738 e. The molecule has 1 aromatic carbocycles. The molecule has 0 spiro atoms. The van der Waals surface area contributed by atoms with Gasteiger partial charge in [-0.25, -0.2) is 0 Å². The maximum Gasteiger partial charge on any atom is 0.0738 e. The van der Waals surface area contributed by atoms with E-state index in [1.165, 1.54) is 16.8 Å². The molecule has 1 atom stereocenters. The standard InChI is InChI=1S/C17H24BrN3/c1-5-21-16(17(18)13(3)20-21)10-15(11-19-4)14-8-6-7-12(2)9-14/h6-9,15,19H,5,10-11H2,1-4H3. The Kier molecular flexibility index (Phi) is 5.59. The molecule has 1 heterocycles. The molecule has 0 saturated carbocycles. The molecule has 1 aromatic heterocycles. The van der Waals surface area contributed by atoms with Gasteiger partial charge in [0.1, 0.15) is 0 Å². The van der Waals surface area contributed by atoms with Crippen LogP contribution in [0.15, 0.2) is 28.7 Å². The van der Waals surface area contributed by atoms with Gasteiger partial charge in [0.25, 0.3) is 0 Å². The van der Waals surface area contributed by atoms with Crippen molar-refractivity contribution in [1.82, 2.24) is 15.1 Å². The van der Waals surface area contributed by atoms with E-state index in [0.29, 0.717) is 5.92 Å². The summed E-state index contributed by atoms with van der Waals surface area (Å²) in [5.41, 5.74) is 5.06. The van der Waals surface area contributed by atoms with E-state index in [4.69, 9.17) is 0 Å². The highest BCUT2D eigenvalue weighted by Gasteiger charge is 2.18. The Morgan fingerprint density at radius 3 is 2.71 bits per heavy atom. The Bertz CT molecular complexity index is 604. The summed E-state index contributed by atoms with van der Waals surface area (Å²) in [6.45, 7) is 8.21. The molecule has 0 fully saturated rings. The Hall–Kier alpha value is -1.13. The van der Waals surface area contributed by atoms with Crippen LogP contribution in [-0.4, -0.2) is 23.4 Å². The third-order valence-electron chi connectivity index (χ3n) is 3.86. The van der Waals surface area contributed by atoms with Gasteiger partial charge in [-0.2, -0.15) is 5.10 Å². The lowest BCUT2D eigenvalue weighted by Crippen LogP contribution is -2.20. The van der Waals surface area contributed by atoms with Crippen LogP contribution in [0.1, 0.15) is 35.4 Å². The molecule has 0 saturated heterocycles. The van der Waals surface area contributed by atoms with Crippen LogP contribution in [0.2, 0.25) is 0 Å². The van der Waals surface area contributed by atoms with Gasteiger partial charge >= 0.3 is 0 Å². The van der Waals surface area contributed by atoms with Gasteiger partial charge in [-0.1, -0.05) is 29.8 Å². The van der Waals surface area contributed by atoms with Gasteiger partial charge in [0, 0.05) is 19.0 Å². The number of rotatable bonds is 6. The molecule has 2 rings (SSSR count). The third-order valence-corrected chi connectivity index (χ3v) is 4.89. The first-order chi connectivity index (χ1) is 10.1. The number of hydrogen-bond donors (Lipinski definition) is 1. The van der Waals surface area contributed by atoms with Gasteiger partial charge in [0.2, 0.25) is 0 Å². The van der Waals surface area contributed by atoms with Gasteiger partial charge in [0.15, 0.2) is 0 Å². The van der Waals surface area contributed by atoms with E-state index >= 15 is 0 Å². The van der Waals surface area contributed by atoms with Gasteiger partial charge in [-0.15, -0.1) is 0 Å². The molecule has 0 aliphatic carbocycles. The van der Waals surface area contributed by atoms with E-state index in [-0.39, 0.29) is 0 Å². The summed E-state index contributed by atoms with van der Waals surface area (Å²) in [7, 11) is 2.01. The largest absolute Gasteiger partial charge is 0.319 e. The number of benzene rings is 1. The van der Waals surface area contributed by atoms with E-state index in [1.54, 1.807) is 0 Å². The monoisotopic (exact) mass is 349 g/mol. The van der Waals surface area contributed by atoms with Crippen LogP contribution in [0.4, 0.5) is 0 Å². The van der Waals surface area contributed by atoms with E-state index in [0.717, 1.165) is 29.7 Å². The van der Waals surface area contributed by atoms with Gasteiger partial charge < -0.3 is 5.32 Å². The molecule has 0 radical (unpaired) electrons. The first-order valence-corrected chi connectivity index (χ1v) is 8.29. The first-order valence-electron chi connectivity index (χ1n) is 7.49. The second kappa shape index (κ2) is 7.23. The zero-order chi connectivity index (χ0) is 15.4. The van der Waals surface area contributed by atoms with Crippen molar-refractivity contribution in [2.75, 3.05) is 13.6 Å². The molecule has 1 unspecified atom stereocenters. The highest BCUT2D eigenvalue weighted by molar-refractivity contribution is 9.10. The number of nitrogens with zero attached hydrogens (tertiary/aromatic N) is 2. The lowest BCUT2D eigenvalue weighted by atomic mass is 9.93. The number of halogens is 1. The van der Waals surface area contributed by atoms with Crippen LogP contribution in [-0.2, 0) is 13.0 Å². The van der Waals surface area contributed by atoms with E-state index in [9.17, 15) is 0 Å². The maximum absolute atomic E-state index is 4.60. The second-order valence-electron chi connectivity index (χ2n) is 5.53. The summed E-state index contributed by atoms with van der Waals surface area (Å²) < 4.78 is 3.26. The quantitative estimate of drug-likeness (QED) is 0.858. The molecule has 1 N–H and O–H groups in total. The molecule has 114 valence electrons. The molecular formula is C17H24BrN3. The molecule has 0 bridgehead atoms. The third kappa shape index (κ3) is 3.74. The fourth-order valence-electron chi connectivity index (χ4n) is 2.78. The van der Waals surface area contributed by atoms with Crippen molar-refractivity contribution < 1.29 is 0 Å². The van der Waals surface area contributed by atoms with Crippen LogP contribution in [0.3, 0.4) is 0 Å². The van der Waals surface area contributed by atoms with E-state index < -0.39 is 0 Å². The summed E-state index contributed by atoms with van der Waals surface area (Å²) in [4.78, 5) is 0. The minimum Gasteiger partial charge on any atom is -0.319 e. The fourth-order valence-corrected chi connectivity index (χ4v) is 3.22. The molecule has 0 aliphatic rings. The maximum atomic E-state index is 4.60. The summed E-state index contributed by atoms with van der Waals surface area (Å²) in [5.74, 6) is 0.451. The van der Waals surface area contributed by atoms with Crippen LogP contribution in [0.25, 0.3) is 0 Å². The summed E-state index contributed by atoms with van der Waals surface area (Å²) >= 11 is 3.70. The molecular weight excluding hydrogens is 326 g/mol. The molecule has 0 amide bonds. The van der Waals surface area contributed by atoms with Crippen molar-refractivity contribution in [3.05, 3.63) is 51.3 Å². The molecule has 2 aromatic rings. The van der Waals surface area contributed by atoms with Gasteiger partial charge in [-0.3, -0.25) is 4.68 Å². The first kappa shape index (κ1) is 16.2. The van der Waals surface area contributed by atoms with E-state index in [2.05, 4.69) is 76.1 Å². The summed E-state index contributed by atoms with van der Waals surface area (Å²) in [6.07, 6.45) is 0.986. The lowest BCUT2D eigenvalue weighted by molar-refractivity contribution is 0.562. The van der Waals surface area contributed by atoms with Crippen molar-refractivity contribution in [1.29, 1.82) is 0 Å². The van der Waals surface area contributed by atoms with Crippen molar-refractivity contribution >= 4 is 15.9 Å². The van der Waals surface area contributed by atoms with Crippen LogP contribution in [0, 0.1) is 13.8 Å². The van der Waals surface area contributed by atoms with Crippen molar-refractivity contribution in [3.8, 4) is 0 Å². The zero-order valence-corrected chi connectivity index (χ0v) is 14.9. The van der Waals surface area contributed by atoms with Gasteiger partial charge in [-0.05, 0) is 55.7 Å². The topological polar surface area (TPSA) is 29.9 Å². The van der Waals surface area contributed by atoms with Crippen molar-refractivity contribution in [3.63, 3.8) is 0 Å². The Morgan fingerprint density at radius 2 is 2.10 bits per heavy atom. The number of likely N-dealkylation sites (N-methyl/N-ethyl adjacent to an activating group) is 1. The predicted octanol–water partition coefficient (Wildman–Crippen LogP) is 3.83. The summed E-state index contributed by atoms with van der Waals surface area (Å²) in [6, 6.07) is 8.80. The minimum atomic E-state index is 0.451. The Labute approximate surface area is 135 Å². The molecule has 0 aliphatic heterocycles. The molecule has 21 heavy (non-hydrogen) atoms. The van der Waals surface area contributed by atoms with Crippen molar-refractivity contribution in [2.45, 2.75) is 39.7 Å². The van der Waals surface area contributed by atoms with Crippen LogP contribution >= 0.6 is 15.9 Å². The van der Waals surface area contributed by atoms with Crippen LogP contribution in [0.5, 0.6) is 0 Å². The number of aryl methyl sites for hydroxylation is 3. The van der Waals surface area contributed by atoms with Crippen LogP contribution < -0.4 is 5.32 Å². The number of hydrogen-bond acceptors (Lipinski definition) is 2. The second-order valence-corrected chi connectivity index (χ2v) is 6.33. The van der Waals surface area contributed by atoms with E-state index in [1.807, 2.05) is 7.05 Å². The Morgan fingerprint density at radius 1 is 1.33 bits per heavy atom. The summed E-state index contributed by atoms with van der Waals surface area (Å²) in [5, 5.41) is 7.93. The lowest BCUT2D eigenvalue weighted by Gasteiger charge is -2.18. The normalized spacial score (nSPS) is 12.6. The average Bonchev–Trinajstić information content (AvgIpc) is 2.74. The fraction of sp³-hybridized carbons (Fsp3) is 0.471. The minimum absolute atomic E-state index is 0.451. The number of aromatic nitrogens is 2. The Balaban J connectivity index is 2.32. The molecule has 4 heteroatoms.